The number of amides is 1. The van der Waals surface area contributed by atoms with Gasteiger partial charge < -0.3 is 24.3 Å². The van der Waals surface area contributed by atoms with Crippen molar-refractivity contribution in [3.63, 3.8) is 0 Å². The number of hydrogen-bond donors (Lipinski definition) is 2. The molecule has 3 heterocycles. The fourth-order valence-corrected chi connectivity index (χ4v) is 5.84. The number of benzene rings is 3. The van der Waals surface area contributed by atoms with Crippen molar-refractivity contribution in [3.05, 3.63) is 86.9 Å². The Bertz CT molecular complexity index is 1790. The number of anilines is 1. The normalized spacial score (nSPS) is 13.6. The third-order valence-electron chi connectivity index (χ3n) is 7.44. The Labute approximate surface area is 241 Å². The van der Waals surface area contributed by atoms with Crippen LogP contribution in [0.1, 0.15) is 33.1 Å². The van der Waals surface area contributed by atoms with E-state index in [1.807, 2.05) is 55.9 Å². The number of aromatic nitrogens is 3. The summed E-state index contributed by atoms with van der Waals surface area (Å²) in [7, 11) is 3.93. The lowest BCUT2D eigenvalue weighted by atomic mass is 9.96. The molecule has 0 unspecified atom stereocenters. The van der Waals surface area contributed by atoms with Gasteiger partial charge in [-0.1, -0.05) is 47.5 Å². The van der Waals surface area contributed by atoms with Gasteiger partial charge in [-0.05, 0) is 54.9 Å². The lowest BCUT2D eigenvalue weighted by molar-refractivity contribution is 0.101. The first-order valence-corrected chi connectivity index (χ1v) is 13.6. The summed E-state index contributed by atoms with van der Waals surface area (Å²) in [6.45, 7) is 3.48. The second-order valence-corrected chi connectivity index (χ2v) is 10.9. The standard InChI is InChI=1S/C30H27Cl2N5O3/c1-16-18(6-4-7-19(16)30-35-23-13-17(15-38)12-21(31)27(23)40-30)20-8-5-9-22(26(20)32)34-29(39)28-33-24-14-36(2)11-10-25(24)37(28)3/h4-9,12-13,38H,10-11,14-15H2,1-3H3,(H,34,39). The van der Waals surface area contributed by atoms with E-state index < -0.39 is 0 Å². The van der Waals surface area contributed by atoms with E-state index in [1.165, 1.54) is 0 Å². The summed E-state index contributed by atoms with van der Waals surface area (Å²) in [5, 5.41) is 13.3. The van der Waals surface area contributed by atoms with Gasteiger partial charge in [0.1, 0.15) is 5.52 Å². The fourth-order valence-electron chi connectivity index (χ4n) is 5.29. The third-order valence-corrected chi connectivity index (χ3v) is 8.13. The number of halogens is 2. The number of nitrogens with zero attached hydrogens (tertiary/aromatic N) is 4. The van der Waals surface area contributed by atoms with E-state index in [0.29, 0.717) is 44.1 Å². The SMILES string of the molecule is Cc1c(-c2nc3cc(CO)cc(Cl)c3o2)cccc1-c1cccc(NC(=O)c2nc3c(n2C)CCN(C)C3)c1Cl. The lowest BCUT2D eigenvalue weighted by Crippen LogP contribution is -2.27. The first-order chi connectivity index (χ1) is 19.2. The number of imidazole rings is 1. The zero-order valence-electron chi connectivity index (χ0n) is 22.3. The maximum atomic E-state index is 13.3. The summed E-state index contributed by atoms with van der Waals surface area (Å²) in [5.74, 6) is 0.463. The molecule has 5 aromatic rings. The van der Waals surface area contributed by atoms with E-state index in [4.69, 9.17) is 27.6 Å². The summed E-state index contributed by atoms with van der Waals surface area (Å²) < 4.78 is 7.91. The highest BCUT2D eigenvalue weighted by molar-refractivity contribution is 6.36. The predicted octanol–water partition coefficient (Wildman–Crippen LogP) is 6.24. The van der Waals surface area contributed by atoms with Gasteiger partial charge in [0, 0.05) is 43.4 Å². The van der Waals surface area contributed by atoms with Crippen molar-refractivity contribution in [1.29, 1.82) is 0 Å². The predicted molar refractivity (Wildman–Crippen MR) is 157 cm³/mol. The molecule has 0 atom stereocenters. The molecule has 2 N–H and O–H groups in total. The fraction of sp³-hybridized carbons (Fsp3) is 0.233. The Morgan fingerprint density at radius 3 is 2.62 bits per heavy atom. The van der Waals surface area contributed by atoms with Crippen molar-refractivity contribution in [2.75, 3.05) is 18.9 Å². The molecule has 3 aromatic carbocycles. The highest BCUT2D eigenvalue weighted by Crippen LogP contribution is 2.39. The first kappa shape index (κ1) is 26.5. The number of aliphatic hydroxyl groups excluding tert-OH is 1. The van der Waals surface area contributed by atoms with Gasteiger partial charge >= 0.3 is 0 Å². The molecule has 1 aliphatic heterocycles. The van der Waals surface area contributed by atoms with Crippen molar-refractivity contribution in [1.82, 2.24) is 19.4 Å². The largest absolute Gasteiger partial charge is 0.434 e. The van der Waals surface area contributed by atoms with Crippen LogP contribution in [0, 0.1) is 6.92 Å². The Morgan fingerprint density at radius 2 is 1.82 bits per heavy atom. The second-order valence-electron chi connectivity index (χ2n) is 10.1. The molecule has 40 heavy (non-hydrogen) atoms. The summed E-state index contributed by atoms with van der Waals surface area (Å²) >= 11 is 13.3. The molecular formula is C30H27Cl2N5O3. The number of rotatable bonds is 5. The van der Waals surface area contributed by atoms with E-state index in [-0.39, 0.29) is 12.5 Å². The van der Waals surface area contributed by atoms with Gasteiger partial charge in [0.25, 0.3) is 5.91 Å². The van der Waals surface area contributed by atoms with E-state index in [9.17, 15) is 9.90 Å². The monoisotopic (exact) mass is 575 g/mol. The molecule has 10 heteroatoms. The number of aliphatic hydroxyl groups is 1. The van der Waals surface area contributed by atoms with Crippen LogP contribution in [-0.4, -0.2) is 44.0 Å². The van der Waals surface area contributed by atoms with Crippen LogP contribution in [0.3, 0.4) is 0 Å². The van der Waals surface area contributed by atoms with Crippen molar-refractivity contribution in [2.24, 2.45) is 7.05 Å². The number of carbonyl (C=O) groups excluding carboxylic acids is 1. The Kier molecular flexibility index (Phi) is 6.88. The van der Waals surface area contributed by atoms with Gasteiger partial charge in [-0.2, -0.15) is 0 Å². The molecule has 0 fully saturated rings. The van der Waals surface area contributed by atoms with Crippen molar-refractivity contribution in [3.8, 4) is 22.6 Å². The van der Waals surface area contributed by atoms with Crippen LogP contribution in [0.2, 0.25) is 10.0 Å². The Balaban J connectivity index is 1.34. The van der Waals surface area contributed by atoms with Crippen LogP contribution in [0.5, 0.6) is 0 Å². The molecule has 0 aliphatic carbocycles. The molecule has 1 amide bonds. The number of carbonyl (C=O) groups is 1. The van der Waals surface area contributed by atoms with Gasteiger partial charge in [0.05, 0.1) is 28.0 Å². The Hall–Kier alpha value is -3.69. The molecule has 6 rings (SSSR count). The average molecular weight is 576 g/mol. The number of likely N-dealkylation sites (N-methyl/N-ethyl adjacent to an activating group) is 1. The van der Waals surface area contributed by atoms with Gasteiger partial charge in [-0.25, -0.2) is 9.97 Å². The molecule has 2 aromatic heterocycles. The van der Waals surface area contributed by atoms with Crippen LogP contribution in [0.25, 0.3) is 33.7 Å². The summed E-state index contributed by atoms with van der Waals surface area (Å²) in [4.78, 5) is 24.7. The zero-order chi connectivity index (χ0) is 28.1. The maximum absolute atomic E-state index is 13.3. The molecule has 0 saturated heterocycles. The topological polar surface area (TPSA) is 96.4 Å². The number of oxazole rings is 1. The van der Waals surface area contributed by atoms with E-state index in [0.717, 1.165) is 53.2 Å². The molecule has 0 bridgehead atoms. The first-order valence-electron chi connectivity index (χ1n) is 12.9. The number of nitrogens with one attached hydrogen (secondary N) is 1. The average Bonchev–Trinajstić information content (AvgIpc) is 3.51. The molecule has 204 valence electrons. The highest BCUT2D eigenvalue weighted by Gasteiger charge is 2.25. The maximum Gasteiger partial charge on any atom is 0.291 e. The lowest BCUT2D eigenvalue weighted by Gasteiger charge is -2.21. The third kappa shape index (κ3) is 4.57. The van der Waals surface area contributed by atoms with Gasteiger partial charge in [-0.3, -0.25) is 4.79 Å². The molecule has 8 nitrogen and oxygen atoms in total. The molecule has 1 aliphatic rings. The highest BCUT2D eigenvalue weighted by atomic mass is 35.5. The Morgan fingerprint density at radius 1 is 1.07 bits per heavy atom. The van der Waals surface area contributed by atoms with E-state index in [2.05, 4.69) is 20.2 Å². The number of fused-ring (bicyclic) bond motifs is 2. The van der Waals surface area contributed by atoms with Crippen molar-refractivity contribution >= 4 is 45.9 Å². The smallest absolute Gasteiger partial charge is 0.291 e. The summed E-state index contributed by atoms with van der Waals surface area (Å²) in [6, 6.07) is 14.8. The van der Waals surface area contributed by atoms with Crippen molar-refractivity contribution in [2.45, 2.75) is 26.5 Å². The van der Waals surface area contributed by atoms with Crippen molar-refractivity contribution < 1.29 is 14.3 Å². The molecule has 0 radical (unpaired) electrons. The minimum Gasteiger partial charge on any atom is -0.434 e. The quantitative estimate of drug-likeness (QED) is 0.257. The molecule has 0 saturated carbocycles. The van der Waals surface area contributed by atoms with Crippen LogP contribution in [0.15, 0.2) is 52.9 Å². The van der Waals surface area contributed by atoms with E-state index >= 15 is 0 Å². The van der Waals surface area contributed by atoms with Crippen LogP contribution >= 0.6 is 23.2 Å². The van der Waals surface area contributed by atoms with E-state index in [1.54, 1.807) is 18.2 Å². The van der Waals surface area contributed by atoms with Crippen LogP contribution in [-0.2, 0) is 26.6 Å². The van der Waals surface area contributed by atoms with Crippen LogP contribution < -0.4 is 5.32 Å². The van der Waals surface area contributed by atoms with Gasteiger partial charge in [-0.15, -0.1) is 0 Å². The minimum absolute atomic E-state index is 0.141. The second kappa shape index (κ2) is 10.4. The van der Waals surface area contributed by atoms with Gasteiger partial charge in [0.15, 0.2) is 11.4 Å². The zero-order valence-corrected chi connectivity index (χ0v) is 23.8. The summed E-state index contributed by atoms with van der Waals surface area (Å²) in [6.07, 6.45) is 0.851. The summed E-state index contributed by atoms with van der Waals surface area (Å²) in [5.41, 5.74) is 7.53. The minimum atomic E-state index is -0.310. The molecule has 0 spiro atoms. The number of hydrogen-bond acceptors (Lipinski definition) is 6. The van der Waals surface area contributed by atoms with Gasteiger partial charge in [0.2, 0.25) is 5.89 Å². The van der Waals surface area contributed by atoms with Crippen LogP contribution in [0.4, 0.5) is 5.69 Å². The molecular weight excluding hydrogens is 549 g/mol.